The quantitative estimate of drug-likeness (QED) is 0.276. The summed E-state index contributed by atoms with van der Waals surface area (Å²) in [6.07, 6.45) is 5.37. The average molecular weight is 453 g/mol. The number of rotatable bonds is 13. The van der Waals surface area contributed by atoms with Gasteiger partial charge in [-0.05, 0) is 37.1 Å². The number of nitrogens with one attached hydrogen (secondary N) is 1. The number of halogens is 1. The molecule has 2 aromatic rings. The van der Waals surface area contributed by atoms with Gasteiger partial charge in [-0.2, -0.15) is 0 Å². The number of amides is 1. The molecule has 0 aliphatic carbocycles. The van der Waals surface area contributed by atoms with E-state index in [1.54, 1.807) is 0 Å². The summed E-state index contributed by atoms with van der Waals surface area (Å²) in [6, 6.07) is 7.53. The van der Waals surface area contributed by atoms with Gasteiger partial charge < -0.3 is 14.6 Å². The topological polar surface area (TPSA) is 86.1 Å². The van der Waals surface area contributed by atoms with Crippen molar-refractivity contribution in [3.8, 4) is 11.4 Å². The molecule has 0 radical (unpaired) electrons. The van der Waals surface area contributed by atoms with E-state index >= 15 is 0 Å². The first kappa shape index (κ1) is 24.2. The lowest BCUT2D eigenvalue weighted by atomic mass is 10.2. The molecule has 1 heterocycles. The number of methoxy groups -OCH3 is 1. The van der Waals surface area contributed by atoms with E-state index in [0.29, 0.717) is 24.4 Å². The number of hydrogen-bond acceptors (Lipinski definition) is 6. The predicted molar refractivity (Wildman–Crippen MR) is 120 cm³/mol. The van der Waals surface area contributed by atoms with Crippen LogP contribution in [0.4, 0.5) is 0 Å². The Labute approximate surface area is 186 Å². The minimum Gasteiger partial charge on any atom is -0.469 e. The zero-order chi connectivity index (χ0) is 21.8. The lowest BCUT2D eigenvalue weighted by Gasteiger charge is -2.10. The molecule has 2 rings (SSSR count). The summed E-state index contributed by atoms with van der Waals surface area (Å²) in [6.45, 7) is 3.42. The Morgan fingerprint density at radius 1 is 1.13 bits per heavy atom. The summed E-state index contributed by atoms with van der Waals surface area (Å²) in [5, 5.41) is 12.9. The maximum atomic E-state index is 12.1. The van der Waals surface area contributed by atoms with E-state index in [2.05, 4.69) is 31.7 Å². The molecule has 0 spiro atoms. The van der Waals surface area contributed by atoms with Gasteiger partial charge in [-0.3, -0.25) is 9.59 Å². The van der Waals surface area contributed by atoms with Gasteiger partial charge >= 0.3 is 5.97 Å². The Morgan fingerprint density at radius 3 is 2.60 bits per heavy atom. The predicted octanol–water partition coefficient (Wildman–Crippen LogP) is 4.34. The fourth-order valence-corrected chi connectivity index (χ4v) is 3.77. The average Bonchev–Trinajstić information content (AvgIpc) is 3.15. The molecule has 0 atom stereocenters. The second-order valence-electron chi connectivity index (χ2n) is 6.84. The van der Waals surface area contributed by atoms with E-state index in [1.165, 1.54) is 31.7 Å². The second kappa shape index (κ2) is 13.3. The van der Waals surface area contributed by atoms with Gasteiger partial charge in [0.15, 0.2) is 11.0 Å². The molecule has 0 bridgehead atoms. The third-order valence-electron chi connectivity index (χ3n) is 4.49. The van der Waals surface area contributed by atoms with Gasteiger partial charge in [-0.25, -0.2) is 0 Å². The number of aromatic nitrogens is 3. The molecule has 9 heteroatoms. The summed E-state index contributed by atoms with van der Waals surface area (Å²) in [4.78, 5) is 23.2. The Kier molecular flexibility index (Phi) is 10.7. The van der Waals surface area contributed by atoms with E-state index < -0.39 is 0 Å². The number of unbranched alkanes of at least 4 members (excludes halogenated alkanes) is 3. The van der Waals surface area contributed by atoms with Crippen LogP contribution in [0.5, 0.6) is 0 Å². The van der Waals surface area contributed by atoms with Crippen molar-refractivity contribution in [3.63, 3.8) is 0 Å². The van der Waals surface area contributed by atoms with Crippen LogP contribution in [0.3, 0.4) is 0 Å². The number of carbonyl (C=O) groups excluding carboxylic acids is 2. The number of nitrogens with zero attached hydrogens (tertiary/aromatic N) is 3. The van der Waals surface area contributed by atoms with Gasteiger partial charge in [0.25, 0.3) is 0 Å². The van der Waals surface area contributed by atoms with Crippen molar-refractivity contribution >= 4 is 35.2 Å². The molecule has 1 N–H and O–H groups in total. The van der Waals surface area contributed by atoms with Crippen molar-refractivity contribution in [3.05, 3.63) is 29.3 Å². The van der Waals surface area contributed by atoms with Crippen molar-refractivity contribution in [2.75, 3.05) is 19.4 Å². The maximum Gasteiger partial charge on any atom is 0.305 e. The fraction of sp³-hybridized carbons (Fsp3) is 0.524. The maximum absolute atomic E-state index is 12.1. The van der Waals surface area contributed by atoms with Crippen molar-refractivity contribution < 1.29 is 14.3 Å². The monoisotopic (exact) mass is 452 g/mol. The van der Waals surface area contributed by atoms with Crippen LogP contribution < -0.4 is 5.32 Å². The van der Waals surface area contributed by atoms with Gasteiger partial charge in [-0.1, -0.05) is 49.5 Å². The minimum absolute atomic E-state index is 0.0987. The Bertz CT molecular complexity index is 811. The molecule has 0 fully saturated rings. The molecule has 1 aromatic heterocycles. The number of carbonyl (C=O) groups is 2. The van der Waals surface area contributed by atoms with Crippen molar-refractivity contribution in [2.45, 2.75) is 57.1 Å². The van der Waals surface area contributed by atoms with Crippen molar-refractivity contribution in [1.82, 2.24) is 20.1 Å². The van der Waals surface area contributed by atoms with Gasteiger partial charge in [-0.15, -0.1) is 10.2 Å². The Hall–Kier alpha value is -2.06. The Morgan fingerprint density at radius 2 is 1.90 bits per heavy atom. The molecule has 7 nitrogen and oxygen atoms in total. The summed E-state index contributed by atoms with van der Waals surface area (Å²) < 4.78 is 6.66. The van der Waals surface area contributed by atoms with Gasteiger partial charge in [0.05, 0.1) is 12.9 Å². The SMILES string of the molecule is CCCCCCn1c(SCC(=O)NCCCC(=O)OC)nnc1-c1ccc(Cl)cc1. The highest BCUT2D eigenvalue weighted by molar-refractivity contribution is 7.99. The lowest BCUT2D eigenvalue weighted by Crippen LogP contribution is -2.26. The van der Waals surface area contributed by atoms with E-state index in [1.807, 2.05) is 24.3 Å². The van der Waals surface area contributed by atoms with Crippen LogP contribution >= 0.6 is 23.4 Å². The molecule has 164 valence electrons. The van der Waals surface area contributed by atoms with Gasteiger partial charge in [0.1, 0.15) is 0 Å². The zero-order valence-electron chi connectivity index (χ0n) is 17.5. The fourth-order valence-electron chi connectivity index (χ4n) is 2.85. The normalized spacial score (nSPS) is 10.8. The molecule has 0 saturated carbocycles. The number of thioether (sulfide) groups is 1. The van der Waals surface area contributed by atoms with Gasteiger partial charge in [0, 0.05) is 30.1 Å². The molecule has 1 aromatic carbocycles. The third kappa shape index (κ3) is 7.99. The first-order valence-corrected chi connectivity index (χ1v) is 11.6. The summed E-state index contributed by atoms with van der Waals surface area (Å²) in [7, 11) is 1.36. The first-order valence-electron chi connectivity index (χ1n) is 10.2. The first-order chi connectivity index (χ1) is 14.5. The van der Waals surface area contributed by atoms with E-state index in [9.17, 15) is 9.59 Å². The van der Waals surface area contributed by atoms with E-state index in [-0.39, 0.29) is 17.6 Å². The van der Waals surface area contributed by atoms with Crippen LogP contribution in [0, 0.1) is 0 Å². The summed E-state index contributed by atoms with van der Waals surface area (Å²) >= 11 is 7.37. The van der Waals surface area contributed by atoms with Crippen molar-refractivity contribution in [1.29, 1.82) is 0 Å². The molecule has 0 aliphatic rings. The van der Waals surface area contributed by atoms with Crippen LogP contribution in [-0.2, 0) is 20.9 Å². The standard InChI is InChI=1S/C21H29ClN4O3S/c1-3-4-5-6-14-26-20(16-9-11-17(22)12-10-16)24-25-21(26)30-15-18(27)23-13-7-8-19(28)29-2/h9-12H,3-8,13-15H2,1-2H3,(H,23,27). The minimum atomic E-state index is -0.274. The van der Waals surface area contributed by atoms with Crippen molar-refractivity contribution in [2.24, 2.45) is 0 Å². The number of benzene rings is 1. The highest BCUT2D eigenvalue weighted by Gasteiger charge is 2.15. The second-order valence-corrected chi connectivity index (χ2v) is 8.22. The zero-order valence-corrected chi connectivity index (χ0v) is 19.1. The van der Waals surface area contributed by atoms with Gasteiger partial charge in [0.2, 0.25) is 5.91 Å². The number of hydrogen-bond donors (Lipinski definition) is 1. The molecule has 0 aliphatic heterocycles. The third-order valence-corrected chi connectivity index (χ3v) is 5.71. The molecular weight excluding hydrogens is 424 g/mol. The highest BCUT2D eigenvalue weighted by Crippen LogP contribution is 2.26. The summed E-state index contributed by atoms with van der Waals surface area (Å²) in [5.41, 5.74) is 0.946. The smallest absolute Gasteiger partial charge is 0.305 e. The van der Waals surface area contributed by atoms with Crippen LogP contribution in [0.15, 0.2) is 29.4 Å². The van der Waals surface area contributed by atoms with E-state index in [0.717, 1.165) is 35.9 Å². The molecule has 0 unspecified atom stereocenters. The molecule has 30 heavy (non-hydrogen) atoms. The summed E-state index contributed by atoms with van der Waals surface area (Å²) in [5.74, 6) is 0.651. The highest BCUT2D eigenvalue weighted by atomic mass is 35.5. The van der Waals surface area contributed by atoms with Crippen LogP contribution in [0.1, 0.15) is 45.4 Å². The van der Waals surface area contributed by atoms with Crippen LogP contribution in [0.2, 0.25) is 5.02 Å². The number of ether oxygens (including phenoxy) is 1. The van der Waals surface area contributed by atoms with Crippen LogP contribution in [-0.4, -0.2) is 46.0 Å². The molecule has 1 amide bonds. The molecular formula is C21H29ClN4O3S. The Balaban J connectivity index is 1.97. The van der Waals surface area contributed by atoms with E-state index in [4.69, 9.17) is 11.6 Å². The lowest BCUT2D eigenvalue weighted by molar-refractivity contribution is -0.140. The number of esters is 1. The molecule has 0 saturated heterocycles. The van der Waals surface area contributed by atoms with Crippen LogP contribution in [0.25, 0.3) is 11.4 Å². The largest absolute Gasteiger partial charge is 0.469 e.